The maximum Gasteiger partial charge on any atom is 0.151 e. The van der Waals surface area contributed by atoms with E-state index in [-0.39, 0.29) is 5.82 Å². The minimum Gasteiger partial charge on any atom is -0.296 e. The predicted molar refractivity (Wildman–Crippen MR) is 68.6 cm³/mol. The fourth-order valence-corrected chi connectivity index (χ4v) is 1.76. The van der Waals surface area contributed by atoms with Gasteiger partial charge in [0.2, 0.25) is 0 Å². The Morgan fingerprint density at radius 3 is 2.39 bits per heavy atom. The summed E-state index contributed by atoms with van der Waals surface area (Å²) in [4.78, 5) is 2.07. The molecule has 3 nitrogen and oxygen atoms in total. The van der Waals surface area contributed by atoms with Crippen LogP contribution in [-0.2, 0) is 13.1 Å². The molecule has 0 spiro atoms. The lowest BCUT2D eigenvalue weighted by molar-refractivity contribution is 0.313. The van der Waals surface area contributed by atoms with Crippen molar-refractivity contribution in [2.75, 3.05) is 7.05 Å². The normalized spacial score (nSPS) is 10.9. The first-order chi connectivity index (χ1) is 8.63. The van der Waals surface area contributed by atoms with Gasteiger partial charge >= 0.3 is 0 Å². The molecule has 2 aromatic rings. The summed E-state index contributed by atoms with van der Waals surface area (Å²) in [5, 5.41) is 8.17. The zero-order chi connectivity index (χ0) is 13.0. The molecule has 1 aromatic heterocycles. The minimum absolute atomic E-state index is 0.218. The second kappa shape index (κ2) is 5.89. The van der Waals surface area contributed by atoms with Crippen molar-refractivity contribution in [2.24, 2.45) is 0 Å². The number of halogens is 2. The Kier molecular flexibility index (Phi) is 4.23. The quantitative estimate of drug-likeness (QED) is 0.851. The minimum atomic E-state index is -0.218. The lowest BCUT2D eigenvalue weighted by Gasteiger charge is -2.15. The SMILES string of the molecule is CN(Cc1ccc(F)cc1)Cc1ccc(Cl)nn1. The summed E-state index contributed by atoms with van der Waals surface area (Å²) in [5.74, 6) is -0.218. The maximum atomic E-state index is 12.8. The lowest BCUT2D eigenvalue weighted by atomic mass is 10.2. The topological polar surface area (TPSA) is 29.0 Å². The number of rotatable bonds is 4. The summed E-state index contributed by atoms with van der Waals surface area (Å²) < 4.78 is 12.8. The van der Waals surface area contributed by atoms with E-state index in [4.69, 9.17) is 11.6 Å². The van der Waals surface area contributed by atoms with E-state index in [1.54, 1.807) is 18.2 Å². The number of hydrogen-bond acceptors (Lipinski definition) is 3. The fraction of sp³-hybridized carbons (Fsp3) is 0.231. The van der Waals surface area contributed by atoms with Crippen LogP contribution in [-0.4, -0.2) is 22.1 Å². The molecule has 0 unspecified atom stereocenters. The van der Waals surface area contributed by atoms with E-state index < -0.39 is 0 Å². The zero-order valence-corrected chi connectivity index (χ0v) is 10.7. The maximum absolute atomic E-state index is 12.8. The Balaban J connectivity index is 1.94. The van der Waals surface area contributed by atoms with Gasteiger partial charge in [0, 0.05) is 13.1 Å². The average molecular weight is 266 g/mol. The summed E-state index contributed by atoms with van der Waals surface area (Å²) in [6.07, 6.45) is 0. The van der Waals surface area contributed by atoms with Gasteiger partial charge in [0.1, 0.15) is 5.82 Å². The van der Waals surface area contributed by atoms with E-state index in [2.05, 4.69) is 15.1 Å². The van der Waals surface area contributed by atoms with Gasteiger partial charge in [0.15, 0.2) is 5.15 Å². The van der Waals surface area contributed by atoms with Crippen LogP contribution in [0.5, 0.6) is 0 Å². The second-order valence-electron chi connectivity index (χ2n) is 4.15. The van der Waals surface area contributed by atoms with E-state index in [1.807, 2.05) is 13.1 Å². The number of hydrogen-bond donors (Lipinski definition) is 0. The molecule has 0 fully saturated rings. The average Bonchev–Trinajstić information content (AvgIpc) is 2.35. The Bertz CT molecular complexity index is 451. The number of aromatic nitrogens is 2. The van der Waals surface area contributed by atoms with Gasteiger partial charge in [-0.1, -0.05) is 23.7 Å². The molecule has 0 atom stereocenters. The van der Waals surface area contributed by atoms with Crippen molar-refractivity contribution < 1.29 is 4.39 Å². The third kappa shape index (κ3) is 3.75. The molecule has 18 heavy (non-hydrogen) atoms. The van der Waals surface area contributed by atoms with Gasteiger partial charge in [-0.3, -0.25) is 4.90 Å². The van der Waals surface area contributed by atoms with Crippen molar-refractivity contribution in [1.82, 2.24) is 15.1 Å². The van der Waals surface area contributed by atoms with Gasteiger partial charge in [0.05, 0.1) is 5.69 Å². The highest BCUT2D eigenvalue weighted by Gasteiger charge is 2.03. The van der Waals surface area contributed by atoms with E-state index >= 15 is 0 Å². The van der Waals surface area contributed by atoms with Crippen LogP contribution in [0, 0.1) is 5.82 Å². The smallest absolute Gasteiger partial charge is 0.151 e. The van der Waals surface area contributed by atoms with Crippen LogP contribution in [0.15, 0.2) is 36.4 Å². The van der Waals surface area contributed by atoms with E-state index in [1.165, 1.54) is 12.1 Å². The standard InChI is InChI=1S/C13H13ClFN3/c1-18(8-10-2-4-11(15)5-3-10)9-12-6-7-13(14)17-16-12/h2-7H,8-9H2,1H3. The molecule has 0 saturated carbocycles. The first-order valence-corrected chi connectivity index (χ1v) is 5.92. The summed E-state index contributed by atoms with van der Waals surface area (Å²) in [5.41, 5.74) is 1.91. The van der Waals surface area contributed by atoms with Gasteiger partial charge in [-0.05, 0) is 36.9 Å². The van der Waals surface area contributed by atoms with Gasteiger partial charge in [-0.15, -0.1) is 5.10 Å². The molecule has 0 N–H and O–H groups in total. The highest BCUT2D eigenvalue weighted by molar-refractivity contribution is 6.29. The number of benzene rings is 1. The molecule has 5 heteroatoms. The molecule has 1 aromatic carbocycles. The van der Waals surface area contributed by atoms with Crippen LogP contribution in [0.2, 0.25) is 5.15 Å². The van der Waals surface area contributed by atoms with Crippen molar-refractivity contribution in [2.45, 2.75) is 13.1 Å². The van der Waals surface area contributed by atoms with Crippen LogP contribution < -0.4 is 0 Å². The van der Waals surface area contributed by atoms with Crippen LogP contribution in [0.25, 0.3) is 0 Å². The van der Waals surface area contributed by atoms with Crippen molar-refractivity contribution in [3.05, 3.63) is 58.6 Å². The molecule has 1 heterocycles. The molecule has 0 saturated heterocycles. The molecular formula is C13H13ClFN3. The molecular weight excluding hydrogens is 253 g/mol. The second-order valence-corrected chi connectivity index (χ2v) is 4.53. The third-order valence-corrected chi connectivity index (χ3v) is 2.69. The van der Waals surface area contributed by atoms with Gasteiger partial charge in [-0.25, -0.2) is 4.39 Å². The Hall–Kier alpha value is -1.52. The van der Waals surface area contributed by atoms with Crippen LogP contribution in [0.4, 0.5) is 4.39 Å². The van der Waals surface area contributed by atoms with Crippen molar-refractivity contribution >= 4 is 11.6 Å². The molecule has 0 aliphatic rings. The van der Waals surface area contributed by atoms with E-state index in [0.717, 1.165) is 17.8 Å². The van der Waals surface area contributed by atoms with Gasteiger partial charge < -0.3 is 0 Å². The summed E-state index contributed by atoms with van der Waals surface area (Å²) >= 11 is 5.67. The Morgan fingerprint density at radius 1 is 1.06 bits per heavy atom. The highest BCUT2D eigenvalue weighted by atomic mass is 35.5. The lowest BCUT2D eigenvalue weighted by Crippen LogP contribution is -2.18. The summed E-state index contributed by atoms with van der Waals surface area (Å²) in [6.45, 7) is 1.39. The molecule has 0 aliphatic carbocycles. The third-order valence-electron chi connectivity index (χ3n) is 2.48. The first-order valence-electron chi connectivity index (χ1n) is 5.54. The molecule has 0 radical (unpaired) electrons. The molecule has 0 aliphatic heterocycles. The van der Waals surface area contributed by atoms with E-state index in [0.29, 0.717) is 11.7 Å². The van der Waals surface area contributed by atoms with Crippen LogP contribution in [0.3, 0.4) is 0 Å². The first kappa shape index (κ1) is 12.9. The summed E-state index contributed by atoms with van der Waals surface area (Å²) in [7, 11) is 1.97. The van der Waals surface area contributed by atoms with Crippen LogP contribution >= 0.6 is 11.6 Å². The molecule has 0 amide bonds. The largest absolute Gasteiger partial charge is 0.296 e. The van der Waals surface area contributed by atoms with Gasteiger partial charge in [-0.2, -0.15) is 5.10 Å². The highest BCUT2D eigenvalue weighted by Crippen LogP contribution is 2.08. The Morgan fingerprint density at radius 2 is 1.78 bits per heavy atom. The van der Waals surface area contributed by atoms with Crippen molar-refractivity contribution in [1.29, 1.82) is 0 Å². The monoisotopic (exact) mass is 265 g/mol. The molecule has 94 valence electrons. The Labute approximate surface area is 110 Å². The zero-order valence-electron chi connectivity index (χ0n) is 9.98. The van der Waals surface area contributed by atoms with Crippen molar-refractivity contribution in [3.63, 3.8) is 0 Å². The molecule has 0 bridgehead atoms. The molecule has 2 rings (SSSR count). The van der Waals surface area contributed by atoms with Crippen molar-refractivity contribution in [3.8, 4) is 0 Å². The fourth-order valence-electron chi connectivity index (χ4n) is 1.66. The van der Waals surface area contributed by atoms with Gasteiger partial charge in [0.25, 0.3) is 0 Å². The predicted octanol–water partition coefficient (Wildman–Crippen LogP) is 2.90. The number of nitrogens with zero attached hydrogens (tertiary/aromatic N) is 3. The summed E-state index contributed by atoms with van der Waals surface area (Å²) in [6, 6.07) is 10.0. The van der Waals surface area contributed by atoms with Crippen LogP contribution in [0.1, 0.15) is 11.3 Å². The van der Waals surface area contributed by atoms with E-state index in [9.17, 15) is 4.39 Å².